The summed E-state index contributed by atoms with van der Waals surface area (Å²) in [5.74, 6) is 2.49. The lowest BCUT2D eigenvalue weighted by Crippen LogP contribution is -1.96. The third kappa shape index (κ3) is 1.38. The number of fused-ring (bicyclic) bond motifs is 1. The first-order valence-electron chi connectivity index (χ1n) is 4.40. The number of hydrogen-bond acceptors (Lipinski definition) is 3. The summed E-state index contributed by atoms with van der Waals surface area (Å²) in [5, 5.41) is 1.06. The standard InChI is InChI=1S/C9H13NOS/c1-6(2)8-10-7-4-3-5-12-9(7)11-8/h6H,3-5H2,1-2H3. The average molecular weight is 183 g/mol. The topological polar surface area (TPSA) is 26.0 Å². The van der Waals surface area contributed by atoms with Crippen LogP contribution in [0.15, 0.2) is 9.51 Å². The lowest BCUT2D eigenvalue weighted by Gasteiger charge is -2.04. The molecule has 2 nitrogen and oxygen atoms in total. The highest BCUT2D eigenvalue weighted by molar-refractivity contribution is 7.99. The van der Waals surface area contributed by atoms with Crippen LogP contribution in [0.3, 0.4) is 0 Å². The fourth-order valence-corrected chi connectivity index (χ4v) is 2.21. The van der Waals surface area contributed by atoms with E-state index in [2.05, 4.69) is 18.8 Å². The molecule has 0 saturated heterocycles. The second kappa shape index (κ2) is 3.13. The van der Waals surface area contributed by atoms with Crippen LogP contribution in [0.1, 0.15) is 37.8 Å². The van der Waals surface area contributed by atoms with Crippen molar-refractivity contribution in [2.75, 3.05) is 5.75 Å². The van der Waals surface area contributed by atoms with Crippen molar-refractivity contribution in [2.24, 2.45) is 0 Å². The van der Waals surface area contributed by atoms with Crippen LogP contribution in [0, 0.1) is 0 Å². The second-order valence-corrected chi connectivity index (χ2v) is 4.46. The van der Waals surface area contributed by atoms with Gasteiger partial charge in [-0.15, -0.1) is 0 Å². The molecular weight excluding hydrogens is 170 g/mol. The van der Waals surface area contributed by atoms with Gasteiger partial charge in [0.25, 0.3) is 0 Å². The van der Waals surface area contributed by atoms with Gasteiger partial charge in [0.1, 0.15) is 0 Å². The van der Waals surface area contributed by atoms with Crippen LogP contribution in [-0.2, 0) is 6.42 Å². The summed E-state index contributed by atoms with van der Waals surface area (Å²) in [4.78, 5) is 4.46. The average Bonchev–Trinajstić information content (AvgIpc) is 2.46. The van der Waals surface area contributed by atoms with Gasteiger partial charge in [-0.3, -0.25) is 0 Å². The molecule has 1 aromatic rings. The first kappa shape index (κ1) is 8.17. The predicted octanol–water partition coefficient (Wildman–Crippen LogP) is 2.84. The zero-order valence-corrected chi connectivity index (χ0v) is 8.28. The summed E-state index contributed by atoms with van der Waals surface area (Å²) in [5.41, 5.74) is 1.18. The third-order valence-electron chi connectivity index (χ3n) is 1.96. The molecule has 0 N–H and O–H groups in total. The minimum absolute atomic E-state index is 0.413. The predicted molar refractivity (Wildman–Crippen MR) is 49.6 cm³/mol. The van der Waals surface area contributed by atoms with Crippen molar-refractivity contribution in [1.82, 2.24) is 4.98 Å². The SMILES string of the molecule is CC(C)c1nc2c(o1)SCCC2. The number of thioether (sulfide) groups is 1. The van der Waals surface area contributed by atoms with E-state index < -0.39 is 0 Å². The molecule has 2 rings (SSSR count). The van der Waals surface area contributed by atoms with Crippen LogP contribution >= 0.6 is 11.8 Å². The molecule has 0 aliphatic carbocycles. The van der Waals surface area contributed by atoms with Crippen molar-refractivity contribution in [3.8, 4) is 0 Å². The molecule has 0 spiro atoms. The van der Waals surface area contributed by atoms with Gasteiger partial charge < -0.3 is 4.42 Å². The van der Waals surface area contributed by atoms with E-state index in [1.807, 2.05) is 0 Å². The molecule has 2 heterocycles. The van der Waals surface area contributed by atoms with Gasteiger partial charge in [0.2, 0.25) is 0 Å². The van der Waals surface area contributed by atoms with Crippen LogP contribution in [-0.4, -0.2) is 10.7 Å². The summed E-state index contributed by atoms with van der Waals surface area (Å²) >= 11 is 1.80. The number of nitrogens with zero attached hydrogens (tertiary/aromatic N) is 1. The second-order valence-electron chi connectivity index (χ2n) is 3.39. The maximum absolute atomic E-state index is 5.62. The summed E-state index contributed by atoms with van der Waals surface area (Å²) in [6.45, 7) is 4.23. The van der Waals surface area contributed by atoms with E-state index in [4.69, 9.17) is 4.42 Å². The maximum atomic E-state index is 5.62. The molecular formula is C9H13NOS. The van der Waals surface area contributed by atoms with Crippen molar-refractivity contribution < 1.29 is 4.42 Å². The Morgan fingerprint density at radius 3 is 3.00 bits per heavy atom. The van der Waals surface area contributed by atoms with E-state index in [-0.39, 0.29) is 0 Å². The van der Waals surface area contributed by atoms with E-state index in [0.717, 1.165) is 17.4 Å². The Labute approximate surface area is 76.8 Å². The monoisotopic (exact) mass is 183 g/mol. The van der Waals surface area contributed by atoms with E-state index in [9.17, 15) is 0 Å². The Kier molecular flexibility index (Phi) is 2.13. The zero-order valence-electron chi connectivity index (χ0n) is 7.46. The van der Waals surface area contributed by atoms with E-state index >= 15 is 0 Å². The van der Waals surface area contributed by atoms with Crippen molar-refractivity contribution in [3.05, 3.63) is 11.6 Å². The van der Waals surface area contributed by atoms with E-state index in [1.54, 1.807) is 11.8 Å². The van der Waals surface area contributed by atoms with Gasteiger partial charge in [-0.2, -0.15) is 0 Å². The molecule has 0 radical (unpaired) electrons. The molecule has 0 atom stereocenters. The molecule has 0 bridgehead atoms. The van der Waals surface area contributed by atoms with Crippen LogP contribution in [0.5, 0.6) is 0 Å². The van der Waals surface area contributed by atoms with Gasteiger partial charge in [0.15, 0.2) is 11.0 Å². The van der Waals surface area contributed by atoms with Crippen LogP contribution in [0.4, 0.5) is 0 Å². The normalized spacial score (nSPS) is 16.6. The molecule has 12 heavy (non-hydrogen) atoms. The number of aryl methyl sites for hydroxylation is 1. The van der Waals surface area contributed by atoms with Crippen molar-refractivity contribution in [2.45, 2.75) is 37.7 Å². The Hall–Kier alpha value is -0.440. The Morgan fingerprint density at radius 2 is 2.33 bits per heavy atom. The van der Waals surface area contributed by atoms with Gasteiger partial charge in [-0.1, -0.05) is 25.6 Å². The Morgan fingerprint density at radius 1 is 1.50 bits per heavy atom. The van der Waals surface area contributed by atoms with Gasteiger partial charge in [0.05, 0.1) is 5.69 Å². The summed E-state index contributed by atoms with van der Waals surface area (Å²) in [7, 11) is 0. The molecule has 3 heteroatoms. The van der Waals surface area contributed by atoms with E-state index in [1.165, 1.54) is 17.9 Å². The van der Waals surface area contributed by atoms with Crippen molar-refractivity contribution >= 4 is 11.8 Å². The van der Waals surface area contributed by atoms with Crippen LogP contribution in [0.2, 0.25) is 0 Å². The quantitative estimate of drug-likeness (QED) is 0.669. The van der Waals surface area contributed by atoms with Crippen LogP contribution < -0.4 is 0 Å². The molecule has 0 amide bonds. The third-order valence-corrected chi connectivity index (χ3v) is 3.04. The number of rotatable bonds is 1. The van der Waals surface area contributed by atoms with Gasteiger partial charge in [0, 0.05) is 11.7 Å². The summed E-state index contributed by atoms with van der Waals surface area (Å²) < 4.78 is 5.62. The largest absolute Gasteiger partial charge is 0.434 e. The minimum atomic E-state index is 0.413. The molecule has 0 fully saturated rings. The van der Waals surface area contributed by atoms with E-state index in [0.29, 0.717) is 5.92 Å². The number of oxazole rings is 1. The Bertz CT molecular complexity index is 257. The van der Waals surface area contributed by atoms with Crippen molar-refractivity contribution in [3.63, 3.8) is 0 Å². The zero-order chi connectivity index (χ0) is 8.55. The molecule has 0 unspecified atom stereocenters. The minimum Gasteiger partial charge on any atom is -0.434 e. The highest BCUT2D eigenvalue weighted by Crippen LogP contribution is 2.32. The van der Waals surface area contributed by atoms with Gasteiger partial charge in [-0.05, 0) is 12.8 Å². The molecule has 0 aromatic carbocycles. The first-order valence-corrected chi connectivity index (χ1v) is 5.38. The highest BCUT2D eigenvalue weighted by atomic mass is 32.2. The molecule has 66 valence electrons. The number of aromatic nitrogens is 1. The lowest BCUT2D eigenvalue weighted by atomic mass is 10.2. The first-order chi connectivity index (χ1) is 5.77. The fraction of sp³-hybridized carbons (Fsp3) is 0.667. The maximum Gasteiger partial charge on any atom is 0.198 e. The van der Waals surface area contributed by atoms with Gasteiger partial charge >= 0.3 is 0 Å². The molecule has 1 aliphatic rings. The smallest absolute Gasteiger partial charge is 0.198 e. The summed E-state index contributed by atoms with van der Waals surface area (Å²) in [6, 6.07) is 0. The fourth-order valence-electron chi connectivity index (χ4n) is 1.28. The highest BCUT2D eigenvalue weighted by Gasteiger charge is 2.18. The molecule has 0 saturated carbocycles. The van der Waals surface area contributed by atoms with Crippen molar-refractivity contribution in [1.29, 1.82) is 0 Å². The summed E-state index contributed by atoms with van der Waals surface area (Å²) in [6.07, 6.45) is 2.33. The lowest BCUT2D eigenvalue weighted by molar-refractivity contribution is 0.403. The number of hydrogen-bond donors (Lipinski definition) is 0. The van der Waals surface area contributed by atoms with Gasteiger partial charge in [-0.25, -0.2) is 4.98 Å². The molecule has 1 aliphatic heterocycles. The van der Waals surface area contributed by atoms with Crippen LogP contribution in [0.25, 0.3) is 0 Å². The Balaban J connectivity index is 2.32. The molecule has 1 aromatic heterocycles.